The number of rotatable bonds is 4. The lowest BCUT2D eigenvalue weighted by Gasteiger charge is -2.37. The number of piperidine rings is 1. The summed E-state index contributed by atoms with van der Waals surface area (Å²) >= 11 is 0. The molecule has 3 heteroatoms. The van der Waals surface area contributed by atoms with E-state index in [1.165, 1.54) is 44.9 Å². The molecular formula is C24H31NO2. The SMILES string of the molecule is COc1cccc2cc(CC(=O)N3CCC(C4CCCCC4)CC3)ccc12. The van der Waals surface area contributed by atoms with Gasteiger partial charge in [-0.15, -0.1) is 0 Å². The summed E-state index contributed by atoms with van der Waals surface area (Å²) in [4.78, 5) is 14.9. The Bertz CT molecular complexity index is 786. The van der Waals surface area contributed by atoms with Gasteiger partial charge in [-0.05, 0) is 41.7 Å². The van der Waals surface area contributed by atoms with Crippen LogP contribution in [0.25, 0.3) is 10.8 Å². The maximum atomic E-state index is 12.8. The molecule has 1 aliphatic heterocycles. The molecule has 1 saturated heterocycles. The number of fused-ring (bicyclic) bond motifs is 1. The zero-order valence-electron chi connectivity index (χ0n) is 16.5. The summed E-state index contributed by atoms with van der Waals surface area (Å²) in [6.45, 7) is 1.89. The predicted octanol–water partition coefficient (Wildman–Crippen LogP) is 5.21. The Hall–Kier alpha value is -2.03. The zero-order chi connectivity index (χ0) is 18.6. The van der Waals surface area contributed by atoms with Gasteiger partial charge in [0.1, 0.15) is 5.75 Å². The van der Waals surface area contributed by atoms with Crippen molar-refractivity contribution in [1.82, 2.24) is 4.90 Å². The van der Waals surface area contributed by atoms with Crippen molar-refractivity contribution in [2.75, 3.05) is 20.2 Å². The summed E-state index contributed by atoms with van der Waals surface area (Å²) in [5.74, 6) is 2.93. The zero-order valence-corrected chi connectivity index (χ0v) is 16.5. The number of carbonyl (C=O) groups excluding carboxylic acids is 1. The highest BCUT2D eigenvalue weighted by atomic mass is 16.5. The van der Waals surface area contributed by atoms with Crippen LogP contribution in [0.2, 0.25) is 0 Å². The number of ether oxygens (including phenoxy) is 1. The lowest BCUT2D eigenvalue weighted by Crippen LogP contribution is -2.41. The Morgan fingerprint density at radius 1 is 1.00 bits per heavy atom. The van der Waals surface area contributed by atoms with Crippen molar-refractivity contribution < 1.29 is 9.53 Å². The topological polar surface area (TPSA) is 29.5 Å². The number of nitrogens with zero attached hydrogens (tertiary/aromatic N) is 1. The van der Waals surface area contributed by atoms with Crippen molar-refractivity contribution in [3.63, 3.8) is 0 Å². The van der Waals surface area contributed by atoms with Gasteiger partial charge in [-0.1, -0.05) is 62.4 Å². The van der Waals surface area contributed by atoms with Crippen molar-refractivity contribution in [3.8, 4) is 5.75 Å². The minimum atomic E-state index is 0.277. The number of methoxy groups -OCH3 is 1. The lowest BCUT2D eigenvalue weighted by atomic mass is 9.76. The van der Waals surface area contributed by atoms with E-state index in [0.29, 0.717) is 6.42 Å². The molecule has 27 heavy (non-hydrogen) atoms. The smallest absolute Gasteiger partial charge is 0.226 e. The van der Waals surface area contributed by atoms with Crippen LogP contribution in [0.15, 0.2) is 36.4 Å². The third-order valence-electron chi connectivity index (χ3n) is 6.69. The summed E-state index contributed by atoms with van der Waals surface area (Å²) in [7, 11) is 1.70. The summed E-state index contributed by atoms with van der Waals surface area (Å²) in [6.07, 6.45) is 9.98. The second-order valence-corrected chi connectivity index (χ2v) is 8.31. The molecular weight excluding hydrogens is 334 g/mol. The van der Waals surface area contributed by atoms with Crippen molar-refractivity contribution in [2.45, 2.75) is 51.4 Å². The van der Waals surface area contributed by atoms with Crippen LogP contribution in [-0.2, 0) is 11.2 Å². The average molecular weight is 366 g/mol. The van der Waals surface area contributed by atoms with Gasteiger partial charge in [0.25, 0.3) is 0 Å². The third kappa shape index (κ3) is 4.12. The summed E-state index contributed by atoms with van der Waals surface area (Å²) < 4.78 is 5.43. The Morgan fingerprint density at radius 3 is 2.48 bits per heavy atom. The standard InChI is InChI=1S/C24H31NO2/c1-27-23-9-5-8-21-16-18(10-11-22(21)23)17-24(26)25-14-12-20(13-15-25)19-6-3-2-4-7-19/h5,8-11,16,19-20H,2-4,6-7,12-15,17H2,1H3. The Kier molecular flexibility index (Phi) is 5.66. The maximum absolute atomic E-state index is 12.8. The first-order valence-corrected chi connectivity index (χ1v) is 10.6. The molecule has 1 aliphatic carbocycles. The monoisotopic (exact) mass is 365 g/mol. The van der Waals surface area contributed by atoms with Crippen LogP contribution in [0.3, 0.4) is 0 Å². The summed E-state index contributed by atoms with van der Waals surface area (Å²) in [5, 5.41) is 2.24. The van der Waals surface area contributed by atoms with Crippen molar-refractivity contribution in [1.29, 1.82) is 0 Å². The predicted molar refractivity (Wildman–Crippen MR) is 110 cm³/mol. The van der Waals surface area contributed by atoms with Crippen molar-refractivity contribution in [2.24, 2.45) is 11.8 Å². The van der Waals surface area contributed by atoms with E-state index < -0.39 is 0 Å². The maximum Gasteiger partial charge on any atom is 0.226 e. The van der Waals surface area contributed by atoms with Crippen LogP contribution in [0.5, 0.6) is 5.75 Å². The molecule has 0 spiro atoms. The molecule has 1 amide bonds. The van der Waals surface area contributed by atoms with E-state index in [9.17, 15) is 4.79 Å². The van der Waals surface area contributed by atoms with Gasteiger partial charge >= 0.3 is 0 Å². The van der Waals surface area contributed by atoms with Gasteiger partial charge in [-0.3, -0.25) is 4.79 Å². The number of hydrogen-bond acceptors (Lipinski definition) is 2. The van der Waals surface area contributed by atoms with Crippen molar-refractivity contribution >= 4 is 16.7 Å². The molecule has 0 unspecified atom stereocenters. The van der Waals surface area contributed by atoms with Crippen LogP contribution >= 0.6 is 0 Å². The van der Waals surface area contributed by atoms with Crippen LogP contribution in [0.4, 0.5) is 0 Å². The first-order valence-electron chi connectivity index (χ1n) is 10.6. The molecule has 2 aliphatic rings. The van der Waals surface area contributed by atoms with E-state index in [-0.39, 0.29) is 5.91 Å². The highest BCUT2D eigenvalue weighted by Crippen LogP contribution is 2.35. The molecule has 0 bridgehead atoms. The molecule has 0 atom stereocenters. The minimum Gasteiger partial charge on any atom is -0.496 e. The van der Waals surface area contributed by atoms with E-state index in [0.717, 1.165) is 47.0 Å². The Balaban J connectivity index is 1.36. The number of benzene rings is 2. The third-order valence-corrected chi connectivity index (χ3v) is 6.69. The molecule has 2 aromatic carbocycles. The molecule has 0 radical (unpaired) electrons. The molecule has 1 saturated carbocycles. The Morgan fingerprint density at radius 2 is 1.74 bits per heavy atom. The van der Waals surface area contributed by atoms with E-state index in [1.807, 2.05) is 12.1 Å². The van der Waals surface area contributed by atoms with Crippen LogP contribution in [0.1, 0.15) is 50.5 Å². The summed E-state index contributed by atoms with van der Waals surface area (Å²) in [5.41, 5.74) is 1.09. The minimum absolute atomic E-state index is 0.277. The number of likely N-dealkylation sites (tertiary alicyclic amines) is 1. The van der Waals surface area contributed by atoms with Gasteiger partial charge in [0.2, 0.25) is 5.91 Å². The first kappa shape index (κ1) is 18.3. The first-order chi connectivity index (χ1) is 13.2. The molecule has 0 aromatic heterocycles. The van der Waals surface area contributed by atoms with Crippen molar-refractivity contribution in [3.05, 3.63) is 42.0 Å². The number of hydrogen-bond donors (Lipinski definition) is 0. The fraction of sp³-hybridized carbons (Fsp3) is 0.542. The highest BCUT2D eigenvalue weighted by molar-refractivity contribution is 5.90. The van der Waals surface area contributed by atoms with Crippen LogP contribution in [-0.4, -0.2) is 31.0 Å². The van der Waals surface area contributed by atoms with E-state index in [4.69, 9.17) is 4.74 Å². The molecule has 2 fully saturated rings. The van der Waals surface area contributed by atoms with Crippen LogP contribution < -0.4 is 4.74 Å². The molecule has 2 aromatic rings. The normalized spacial score (nSPS) is 19.4. The lowest BCUT2D eigenvalue weighted by molar-refractivity contribution is -0.132. The quantitative estimate of drug-likeness (QED) is 0.744. The van der Waals surface area contributed by atoms with Gasteiger partial charge in [0, 0.05) is 18.5 Å². The van der Waals surface area contributed by atoms with Gasteiger partial charge in [0.15, 0.2) is 0 Å². The van der Waals surface area contributed by atoms with Gasteiger partial charge < -0.3 is 9.64 Å². The molecule has 4 rings (SSSR count). The molecule has 3 nitrogen and oxygen atoms in total. The second-order valence-electron chi connectivity index (χ2n) is 8.31. The Labute approximate surface area is 162 Å². The van der Waals surface area contributed by atoms with Gasteiger partial charge in [0.05, 0.1) is 13.5 Å². The number of carbonyl (C=O) groups is 1. The summed E-state index contributed by atoms with van der Waals surface area (Å²) in [6, 6.07) is 12.3. The largest absolute Gasteiger partial charge is 0.496 e. The molecule has 1 heterocycles. The fourth-order valence-electron chi connectivity index (χ4n) is 5.10. The molecule has 0 N–H and O–H groups in total. The van der Waals surface area contributed by atoms with Crippen LogP contribution in [0, 0.1) is 11.8 Å². The fourth-order valence-corrected chi connectivity index (χ4v) is 5.10. The number of amides is 1. The van der Waals surface area contributed by atoms with E-state index in [2.05, 4.69) is 29.2 Å². The van der Waals surface area contributed by atoms with Gasteiger partial charge in [-0.25, -0.2) is 0 Å². The van der Waals surface area contributed by atoms with Gasteiger partial charge in [-0.2, -0.15) is 0 Å². The molecule has 144 valence electrons. The van der Waals surface area contributed by atoms with E-state index in [1.54, 1.807) is 7.11 Å². The average Bonchev–Trinajstić information content (AvgIpc) is 2.74. The highest BCUT2D eigenvalue weighted by Gasteiger charge is 2.29. The van der Waals surface area contributed by atoms with E-state index >= 15 is 0 Å². The second kappa shape index (κ2) is 8.33.